The molecular formula is C23H23FN2O4S. The summed E-state index contributed by atoms with van der Waals surface area (Å²) in [7, 11) is 0.669. The van der Waals surface area contributed by atoms with Crippen molar-refractivity contribution in [3.8, 4) is 5.75 Å². The van der Waals surface area contributed by atoms with Crippen molar-refractivity contribution in [2.75, 3.05) is 25.5 Å². The van der Waals surface area contributed by atoms with Gasteiger partial charge in [0, 0.05) is 26.2 Å². The second-order valence-corrected chi connectivity index (χ2v) is 8.96. The maximum Gasteiger partial charge on any atom is 0.264 e. The first kappa shape index (κ1) is 22.3. The predicted molar refractivity (Wildman–Crippen MR) is 117 cm³/mol. The Kier molecular flexibility index (Phi) is 6.60. The molecule has 0 aromatic heterocycles. The number of carbonyl (C=O) groups excluding carboxylic acids is 1. The van der Waals surface area contributed by atoms with Gasteiger partial charge in [0.05, 0.1) is 17.7 Å². The fourth-order valence-electron chi connectivity index (χ4n) is 3.07. The van der Waals surface area contributed by atoms with Gasteiger partial charge >= 0.3 is 0 Å². The van der Waals surface area contributed by atoms with Gasteiger partial charge in [-0.2, -0.15) is 0 Å². The summed E-state index contributed by atoms with van der Waals surface area (Å²) in [6, 6.07) is 18.4. The van der Waals surface area contributed by atoms with Gasteiger partial charge in [0.2, 0.25) is 0 Å². The van der Waals surface area contributed by atoms with Crippen LogP contribution in [0.3, 0.4) is 0 Å². The highest BCUT2D eigenvalue weighted by atomic mass is 32.2. The Morgan fingerprint density at radius 3 is 2.32 bits per heavy atom. The minimum Gasteiger partial charge on any atom is -0.497 e. The molecule has 0 aliphatic heterocycles. The first-order valence-electron chi connectivity index (χ1n) is 9.45. The van der Waals surface area contributed by atoms with E-state index in [1.807, 2.05) is 24.3 Å². The number of benzene rings is 3. The van der Waals surface area contributed by atoms with Crippen LogP contribution in [0.5, 0.6) is 5.75 Å². The monoisotopic (exact) mass is 442 g/mol. The second-order valence-electron chi connectivity index (χ2n) is 6.99. The summed E-state index contributed by atoms with van der Waals surface area (Å²) in [6.45, 7) is 0.336. The molecule has 0 aliphatic rings. The van der Waals surface area contributed by atoms with Gasteiger partial charge < -0.3 is 9.64 Å². The van der Waals surface area contributed by atoms with Crippen LogP contribution in [-0.4, -0.2) is 40.4 Å². The highest BCUT2D eigenvalue weighted by Gasteiger charge is 2.23. The molecule has 3 aromatic carbocycles. The number of halogens is 1. The molecule has 0 bridgehead atoms. The van der Waals surface area contributed by atoms with Gasteiger partial charge in [0.1, 0.15) is 11.6 Å². The standard InChI is InChI=1S/C23H23FN2O4S/c1-25(16-17-6-4-8-21(14-17)30-3)23(27)18-7-5-9-22(15-18)31(28,29)26(2)20-12-10-19(24)11-13-20/h4-15H,16H2,1-3H3. The Hall–Kier alpha value is -3.39. The van der Waals surface area contributed by atoms with E-state index in [0.717, 1.165) is 9.87 Å². The van der Waals surface area contributed by atoms with Crippen LogP contribution in [0.15, 0.2) is 77.7 Å². The van der Waals surface area contributed by atoms with Crippen LogP contribution in [0.25, 0.3) is 0 Å². The maximum absolute atomic E-state index is 13.2. The molecule has 8 heteroatoms. The lowest BCUT2D eigenvalue weighted by atomic mass is 10.1. The van der Waals surface area contributed by atoms with E-state index >= 15 is 0 Å². The van der Waals surface area contributed by atoms with E-state index in [1.165, 1.54) is 54.4 Å². The van der Waals surface area contributed by atoms with Crippen LogP contribution in [-0.2, 0) is 16.6 Å². The number of rotatable bonds is 7. The molecule has 0 aliphatic carbocycles. The summed E-state index contributed by atoms with van der Waals surface area (Å²) < 4.78 is 45.5. The smallest absolute Gasteiger partial charge is 0.264 e. The van der Waals surface area contributed by atoms with Crippen molar-refractivity contribution in [2.24, 2.45) is 0 Å². The van der Waals surface area contributed by atoms with Gasteiger partial charge in [-0.1, -0.05) is 18.2 Å². The Bertz CT molecular complexity index is 1180. The SMILES string of the molecule is COc1cccc(CN(C)C(=O)c2cccc(S(=O)(=O)N(C)c3ccc(F)cc3)c2)c1. The zero-order valence-corrected chi connectivity index (χ0v) is 18.3. The van der Waals surface area contributed by atoms with Crippen LogP contribution in [0.4, 0.5) is 10.1 Å². The lowest BCUT2D eigenvalue weighted by molar-refractivity contribution is 0.0784. The van der Waals surface area contributed by atoms with Crippen molar-refractivity contribution in [1.29, 1.82) is 0 Å². The molecular weight excluding hydrogens is 419 g/mol. The molecule has 0 N–H and O–H groups in total. The molecule has 3 aromatic rings. The number of hydrogen-bond donors (Lipinski definition) is 0. The van der Waals surface area contributed by atoms with Crippen molar-refractivity contribution in [1.82, 2.24) is 4.90 Å². The van der Waals surface area contributed by atoms with E-state index in [9.17, 15) is 17.6 Å². The summed E-state index contributed by atoms with van der Waals surface area (Å²) in [5.74, 6) is -0.0826. The number of hydrogen-bond acceptors (Lipinski definition) is 4. The molecule has 6 nitrogen and oxygen atoms in total. The summed E-state index contributed by atoms with van der Waals surface area (Å²) in [5.41, 5.74) is 1.45. The first-order chi connectivity index (χ1) is 14.7. The van der Waals surface area contributed by atoms with Crippen molar-refractivity contribution in [3.63, 3.8) is 0 Å². The fraction of sp³-hybridized carbons (Fsp3) is 0.174. The molecule has 31 heavy (non-hydrogen) atoms. The zero-order chi connectivity index (χ0) is 22.6. The molecule has 1 amide bonds. The molecule has 0 atom stereocenters. The van der Waals surface area contributed by atoms with E-state index in [2.05, 4.69) is 0 Å². The summed E-state index contributed by atoms with van der Waals surface area (Å²) in [6.07, 6.45) is 0. The molecule has 0 fully saturated rings. The van der Waals surface area contributed by atoms with Crippen molar-refractivity contribution < 1.29 is 22.3 Å². The summed E-state index contributed by atoms with van der Waals surface area (Å²) >= 11 is 0. The second kappa shape index (κ2) is 9.18. The minimum atomic E-state index is -3.93. The summed E-state index contributed by atoms with van der Waals surface area (Å²) in [4.78, 5) is 14.4. The van der Waals surface area contributed by atoms with E-state index < -0.39 is 15.8 Å². The molecule has 0 saturated carbocycles. The van der Waals surface area contributed by atoms with E-state index in [1.54, 1.807) is 20.2 Å². The molecule has 3 rings (SSSR count). The van der Waals surface area contributed by atoms with Gasteiger partial charge in [0.15, 0.2) is 0 Å². The topological polar surface area (TPSA) is 66.9 Å². The van der Waals surface area contributed by atoms with E-state index in [0.29, 0.717) is 18.0 Å². The van der Waals surface area contributed by atoms with Crippen molar-refractivity contribution in [3.05, 3.63) is 89.7 Å². The van der Waals surface area contributed by atoms with E-state index in [-0.39, 0.29) is 16.4 Å². The number of amides is 1. The number of ether oxygens (including phenoxy) is 1. The Labute approximate surface area is 181 Å². The number of nitrogens with zero attached hydrogens (tertiary/aromatic N) is 2. The highest BCUT2D eigenvalue weighted by molar-refractivity contribution is 7.92. The number of sulfonamides is 1. The largest absolute Gasteiger partial charge is 0.497 e. The van der Waals surface area contributed by atoms with E-state index in [4.69, 9.17) is 4.74 Å². The van der Waals surface area contributed by atoms with Gasteiger partial charge in [0.25, 0.3) is 15.9 Å². The van der Waals surface area contributed by atoms with Crippen LogP contribution < -0.4 is 9.04 Å². The Balaban J connectivity index is 1.82. The van der Waals surface area contributed by atoms with Crippen LogP contribution in [0.1, 0.15) is 15.9 Å². The Morgan fingerprint density at radius 1 is 0.968 bits per heavy atom. The Morgan fingerprint density at radius 2 is 1.65 bits per heavy atom. The average molecular weight is 443 g/mol. The third-order valence-electron chi connectivity index (χ3n) is 4.83. The quantitative estimate of drug-likeness (QED) is 0.556. The average Bonchev–Trinajstić information content (AvgIpc) is 2.78. The molecule has 0 saturated heterocycles. The lowest BCUT2D eigenvalue weighted by Crippen LogP contribution is -2.28. The molecule has 0 heterocycles. The lowest BCUT2D eigenvalue weighted by Gasteiger charge is -2.21. The van der Waals surface area contributed by atoms with Gasteiger partial charge in [-0.3, -0.25) is 9.10 Å². The van der Waals surface area contributed by atoms with Crippen LogP contribution in [0, 0.1) is 5.82 Å². The van der Waals surface area contributed by atoms with Gasteiger partial charge in [-0.25, -0.2) is 12.8 Å². The molecule has 0 unspecified atom stereocenters. The number of methoxy groups -OCH3 is 1. The minimum absolute atomic E-state index is 0.0278. The predicted octanol–water partition coefficient (Wildman–Crippen LogP) is 3.93. The van der Waals surface area contributed by atoms with Crippen molar-refractivity contribution >= 4 is 21.6 Å². The van der Waals surface area contributed by atoms with Gasteiger partial charge in [-0.15, -0.1) is 0 Å². The van der Waals surface area contributed by atoms with Gasteiger partial charge in [-0.05, 0) is 60.2 Å². The number of carbonyl (C=O) groups is 1. The summed E-state index contributed by atoms with van der Waals surface area (Å²) in [5, 5.41) is 0. The number of anilines is 1. The zero-order valence-electron chi connectivity index (χ0n) is 17.4. The third kappa shape index (κ3) is 5.03. The normalized spacial score (nSPS) is 11.1. The maximum atomic E-state index is 13.2. The van der Waals surface area contributed by atoms with Crippen molar-refractivity contribution in [2.45, 2.75) is 11.4 Å². The molecule has 0 spiro atoms. The molecule has 0 radical (unpaired) electrons. The molecule has 162 valence electrons. The first-order valence-corrected chi connectivity index (χ1v) is 10.9. The van der Waals surface area contributed by atoms with Crippen LogP contribution >= 0.6 is 0 Å². The van der Waals surface area contributed by atoms with Crippen LogP contribution in [0.2, 0.25) is 0 Å². The third-order valence-corrected chi connectivity index (χ3v) is 6.61. The fourth-order valence-corrected chi connectivity index (χ4v) is 4.32. The highest BCUT2D eigenvalue weighted by Crippen LogP contribution is 2.23.